The Morgan fingerprint density at radius 2 is 1.92 bits per heavy atom. The topological polar surface area (TPSA) is 65.1 Å². The number of pyridine rings is 1. The van der Waals surface area contributed by atoms with E-state index in [0.29, 0.717) is 5.58 Å². The molecule has 0 amide bonds. The van der Waals surface area contributed by atoms with E-state index in [0.717, 1.165) is 41.4 Å². The zero-order valence-corrected chi connectivity index (χ0v) is 15.7. The molecule has 4 rings (SSSR count). The predicted octanol–water partition coefficient (Wildman–Crippen LogP) is 4.18. The van der Waals surface area contributed by atoms with E-state index in [1.165, 1.54) is 0 Å². The molecule has 0 unspecified atom stereocenters. The van der Waals surface area contributed by atoms with Gasteiger partial charge in [0.15, 0.2) is 5.58 Å². The quantitative estimate of drug-likeness (QED) is 0.800. The van der Waals surface area contributed by atoms with E-state index in [2.05, 4.69) is 26.2 Å². The maximum absolute atomic E-state index is 13.4. The normalized spacial score (nSPS) is 29.8. The molecule has 0 radical (unpaired) electrons. The van der Waals surface area contributed by atoms with Gasteiger partial charge in [0.05, 0.1) is 10.7 Å². The minimum absolute atomic E-state index is 0.218. The van der Waals surface area contributed by atoms with Gasteiger partial charge in [0.2, 0.25) is 5.76 Å². The van der Waals surface area contributed by atoms with Crippen LogP contribution in [0.4, 0.5) is 14.6 Å². The molecule has 2 aromatic heterocycles. The Kier molecular flexibility index (Phi) is 4.84. The molecule has 26 heavy (non-hydrogen) atoms. The van der Waals surface area contributed by atoms with E-state index >= 15 is 0 Å². The third-order valence-electron chi connectivity index (χ3n) is 5.39. The molecule has 0 spiro atoms. The summed E-state index contributed by atoms with van der Waals surface area (Å²) >= 11 is 3.54. The molecule has 2 fully saturated rings. The van der Waals surface area contributed by atoms with Crippen molar-refractivity contribution in [2.24, 2.45) is 0 Å². The summed E-state index contributed by atoms with van der Waals surface area (Å²) in [6.45, 7) is 0.435. The van der Waals surface area contributed by atoms with Crippen molar-refractivity contribution in [1.29, 1.82) is 5.26 Å². The summed E-state index contributed by atoms with van der Waals surface area (Å²) in [7, 11) is 0. The molecule has 138 valence electrons. The fraction of sp³-hybridized carbons (Fsp3) is 0.556. The molecule has 1 saturated carbocycles. The summed E-state index contributed by atoms with van der Waals surface area (Å²) in [6.07, 6.45) is 2.62. The second-order valence-corrected chi connectivity index (χ2v) is 7.85. The SMILES string of the molecule is N#Cc1cc2c(Br)c(NC3CCC(N4C[C@@H](F)[C@@H](F)C4)CC3)ncc2o1. The first-order valence-electron chi connectivity index (χ1n) is 8.82. The highest BCUT2D eigenvalue weighted by atomic mass is 79.9. The van der Waals surface area contributed by atoms with Crippen molar-refractivity contribution in [3.8, 4) is 6.07 Å². The van der Waals surface area contributed by atoms with Gasteiger partial charge in [-0.15, -0.1) is 0 Å². The number of rotatable bonds is 3. The molecule has 3 heterocycles. The van der Waals surface area contributed by atoms with Crippen LogP contribution in [0.5, 0.6) is 0 Å². The van der Waals surface area contributed by atoms with Crippen LogP contribution < -0.4 is 5.32 Å². The van der Waals surface area contributed by atoms with Gasteiger partial charge < -0.3 is 9.73 Å². The van der Waals surface area contributed by atoms with E-state index in [-0.39, 0.29) is 30.9 Å². The number of nitrogens with one attached hydrogen (secondary N) is 1. The molecule has 0 aromatic carbocycles. The zero-order chi connectivity index (χ0) is 18.3. The summed E-state index contributed by atoms with van der Waals surface area (Å²) in [6, 6.07) is 4.21. The highest BCUT2D eigenvalue weighted by Gasteiger charge is 2.37. The highest BCUT2D eigenvalue weighted by Crippen LogP contribution is 2.34. The first-order chi connectivity index (χ1) is 12.5. The van der Waals surface area contributed by atoms with Crippen LogP contribution in [0.1, 0.15) is 31.4 Å². The van der Waals surface area contributed by atoms with Crippen LogP contribution in [0, 0.1) is 11.3 Å². The van der Waals surface area contributed by atoms with Crippen molar-refractivity contribution >= 4 is 32.7 Å². The van der Waals surface area contributed by atoms with E-state index in [1.807, 2.05) is 11.0 Å². The van der Waals surface area contributed by atoms with E-state index in [9.17, 15) is 8.78 Å². The second kappa shape index (κ2) is 7.12. The third kappa shape index (κ3) is 3.30. The molecule has 5 nitrogen and oxygen atoms in total. The number of likely N-dealkylation sites (tertiary alicyclic amines) is 1. The lowest BCUT2D eigenvalue weighted by Gasteiger charge is -2.34. The molecule has 0 bridgehead atoms. The number of anilines is 1. The maximum Gasteiger partial charge on any atom is 0.204 e. The Bertz CT molecular complexity index is 834. The van der Waals surface area contributed by atoms with Gasteiger partial charge in [0.25, 0.3) is 0 Å². The monoisotopic (exact) mass is 424 g/mol. The zero-order valence-electron chi connectivity index (χ0n) is 14.1. The van der Waals surface area contributed by atoms with Crippen LogP contribution in [0.25, 0.3) is 11.0 Å². The molecule has 8 heteroatoms. The average Bonchev–Trinajstić information content (AvgIpc) is 3.22. The van der Waals surface area contributed by atoms with Gasteiger partial charge in [-0.2, -0.15) is 5.26 Å². The smallest absolute Gasteiger partial charge is 0.204 e. The van der Waals surface area contributed by atoms with Crippen molar-refractivity contribution in [1.82, 2.24) is 9.88 Å². The van der Waals surface area contributed by atoms with Crippen LogP contribution in [0.2, 0.25) is 0 Å². The summed E-state index contributed by atoms with van der Waals surface area (Å²) < 4.78 is 33.0. The molecule has 1 aliphatic carbocycles. The number of hydrogen-bond acceptors (Lipinski definition) is 5. The van der Waals surface area contributed by atoms with Gasteiger partial charge in [0, 0.05) is 36.6 Å². The number of fused-ring (bicyclic) bond motifs is 1. The number of hydrogen-bond donors (Lipinski definition) is 1. The number of aromatic nitrogens is 1. The van der Waals surface area contributed by atoms with Gasteiger partial charge in [-0.3, -0.25) is 4.90 Å². The Balaban J connectivity index is 1.39. The van der Waals surface area contributed by atoms with Crippen LogP contribution >= 0.6 is 15.9 Å². The third-order valence-corrected chi connectivity index (χ3v) is 6.19. The summed E-state index contributed by atoms with van der Waals surface area (Å²) in [5.41, 5.74) is 0.568. The maximum atomic E-state index is 13.4. The van der Waals surface area contributed by atoms with Crippen LogP contribution in [-0.4, -0.2) is 47.4 Å². The van der Waals surface area contributed by atoms with E-state index < -0.39 is 12.3 Å². The number of halogens is 3. The fourth-order valence-electron chi connectivity index (χ4n) is 3.96. The van der Waals surface area contributed by atoms with Gasteiger partial charge >= 0.3 is 0 Å². The molecule has 1 N–H and O–H groups in total. The van der Waals surface area contributed by atoms with Gasteiger partial charge in [-0.05, 0) is 41.6 Å². The standard InChI is InChI=1S/C18H19BrF2N4O/c19-17-13-5-12(6-22)26-16(13)7-23-18(17)24-10-1-3-11(4-2-10)25-8-14(20)15(21)9-25/h5,7,10-11,14-15H,1-4,8-9H2,(H,23,24)/t10?,11?,14-,15+. The average molecular weight is 425 g/mol. The Hall–Kier alpha value is -1.72. The Labute approximate surface area is 158 Å². The molecule has 1 saturated heterocycles. The second-order valence-electron chi connectivity index (χ2n) is 7.06. The predicted molar refractivity (Wildman–Crippen MR) is 97.5 cm³/mol. The first kappa shape index (κ1) is 17.7. The van der Waals surface area contributed by atoms with Crippen LogP contribution in [-0.2, 0) is 0 Å². The lowest BCUT2D eigenvalue weighted by molar-refractivity contribution is 0.171. The number of nitriles is 1. The summed E-state index contributed by atoms with van der Waals surface area (Å²) in [5.74, 6) is 0.975. The van der Waals surface area contributed by atoms with Crippen molar-refractivity contribution < 1.29 is 13.2 Å². The van der Waals surface area contributed by atoms with E-state index in [4.69, 9.17) is 9.68 Å². The largest absolute Gasteiger partial charge is 0.444 e. The molecular weight excluding hydrogens is 406 g/mol. The molecule has 1 aliphatic heterocycles. The molecule has 2 aliphatic rings. The minimum Gasteiger partial charge on any atom is -0.444 e. The Morgan fingerprint density at radius 1 is 1.23 bits per heavy atom. The van der Waals surface area contributed by atoms with Gasteiger partial charge in [0.1, 0.15) is 24.2 Å². The van der Waals surface area contributed by atoms with Gasteiger partial charge in [-0.25, -0.2) is 13.8 Å². The summed E-state index contributed by atoms with van der Waals surface area (Å²) in [5, 5.41) is 13.2. The number of alkyl halides is 2. The van der Waals surface area contributed by atoms with Crippen molar-refractivity contribution in [2.75, 3.05) is 18.4 Å². The summed E-state index contributed by atoms with van der Waals surface area (Å²) in [4.78, 5) is 6.35. The lowest BCUT2D eigenvalue weighted by Crippen LogP contribution is -2.39. The lowest BCUT2D eigenvalue weighted by atomic mass is 9.90. The van der Waals surface area contributed by atoms with Crippen LogP contribution in [0.3, 0.4) is 0 Å². The molecule has 2 aromatic rings. The Morgan fingerprint density at radius 3 is 2.58 bits per heavy atom. The number of furan rings is 1. The van der Waals surface area contributed by atoms with Crippen LogP contribution in [0.15, 0.2) is 21.2 Å². The van der Waals surface area contributed by atoms with Crippen molar-refractivity contribution in [2.45, 2.75) is 50.1 Å². The highest BCUT2D eigenvalue weighted by molar-refractivity contribution is 9.10. The fourth-order valence-corrected chi connectivity index (χ4v) is 4.49. The number of nitrogens with zero attached hydrogens (tertiary/aromatic N) is 3. The van der Waals surface area contributed by atoms with Crippen molar-refractivity contribution in [3.63, 3.8) is 0 Å². The minimum atomic E-state index is -1.34. The molecular formula is C18H19BrF2N4O. The van der Waals surface area contributed by atoms with Crippen molar-refractivity contribution in [3.05, 3.63) is 22.5 Å². The first-order valence-corrected chi connectivity index (χ1v) is 9.61. The molecule has 2 atom stereocenters. The van der Waals surface area contributed by atoms with E-state index in [1.54, 1.807) is 12.3 Å². The van der Waals surface area contributed by atoms with Gasteiger partial charge in [-0.1, -0.05) is 0 Å².